The maximum atomic E-state index is 14.5. The fraction of sp³-hybridized carbons (Fsp3) is 0.462. The number of ketones is 1. The number of carbonyl (C=O) groups excluding carboxylic acids is 1. The second-order valence-electron chi connectivity index (χ2n) is 9.28. The number of Topliss-reactive ketones (excluding diaryl/α,β-unsaturated/α-hetero) is 1. The molecule has 0 aromatic heterocycles. The molecule has 3 atom stereocenters. The number of rotatable bonds is 5. The van der Waals surface area contributed by atoms with Crippen LogP contribution in [0.1, 0.15) is 44.8 Å². The Morgan fingerprint density at radius 1 is 1.29 bits per heavy atom. The first-order chi connectivity index (χ1) is 16.9. The second-order valence-corrected chi connectivity index (χ2v) is 9.28. The van der Waals surface area contributed by atoms with Gasteiger partial charge in [0.15, 0.2) is 18.2 Å². The van der Waals surface area contributed by atoms with E-state index in [2.05, 4.69) is 9.80 Å². The van der Waals surface area contributed by atoms with E-state index in [9.17, 15) is 14.3 Å². The molecule has 1 N–H and O–H groups in total. The summed E-state index contributed by atoms with van der Waals surface area (Å²) in [7, 11) is 1.33. The average Bonchev–Trinajstić information content (AvgIpc) is 3.25. The molecule has 5 rings (SSSR count). The maximum Gasteiger partial charge on any atom is 0.203 e. The lowest BCUT2D eigenvalue weighted by Crippen LogP contribution is -2.58. The van der Waals surface area contributed by atoms with Gasteiger partial charge in [0.1, 0.15) is 11.8 Å². The molecule has 0 aliphatic carbocycles. The van der Waals surface area contributed by atoms with Gasteiger partial charge in [-0.2, -0.15) is 5.26 Å². The number of carbonyl (C=O) groups is 1. The molecule has 9 heteroatoms. The highest BCUT2D eigenvalue weighted by atomic mass is 19.1. The molecule has 184 valence electrons. The fourth-order valence-electron chi connectivity index (χ4n) is 5.35. The number of hydrogen-bond acceptors (Lipinski definition) is 8. The van der Waals surface area contributed by atoms with E-state index in [0.29, 0.717) is 36.6 Å². The van der Waals surface area contributed by atoms with Gasteiger partial charge in [0.25, 0.3) is 0 Å². The van der Waals surface area contributed by atoms with Crippen molar-refractivity contribution in [2.24, 2.45) is 0 Å². The number of ether oxygens (including phenoxy) is 3. The molecule has 2 aromatic carbocycles. The predicted octanol–water partition coefficient (Wildman–Crippen LogP) is 2.38. The highest BCUT2D eigenvalue weighted by Crippen LogP contribution is 2.37. The number of nitriles is 1. The van der Waals surface area contributed by atoms with Crippen molar-refractivity contribution in [2.75, 3.05) is 53.0 Å². The molecule has 35 heavy (non-hydrogen) atoms. The van der Waals surface area contributed by atoms with E-state index in [4.69, 9.17) is 19.5 Å². The van der Waals surface area contributed by atoms with Gasteiger partial charge in [-0.25, -0.2) is 4.39 Å². The van der Waals surface area contributed by atoms with Crippen molar-refractivity contribution < 1.29 is 28.5 Å². The van der Waals surface area contributed by atoms with Gasteiger partial charge in [0, 0.05) is 44.3 Å². The van der Waals surface area contributed by atoms with E-state index >= 15 is 0 Å². The minimum atomic E-state index is -0.951. The van der Waals surface area contributed by atoms with Gasteiger partial charge in [0.2, 0.25) is 5.78 Å². The topological polar surface area (TPSA) is 95.3 Å². The quantitative estimate of drug-likeness (QED) is 0.696. The normalized spacial score (nSPS) is 23.2. The highest BCUT2D eigenvalue weighted by molar-refractivity contribution is 6.02. The Hall–Kier alpha value is -3.03. The van der Waals surface area contributed by atoms with Crippen LogP contribution in [0.3, 0.4) is 0 Å². The van der Waals surface area contributed by atoms with E-state index in [0.717, 1.165) is 30.8 Å². The number of morpholine rings is 1. The van der Waals surface area contributed by atoms with Crippen LogP contribution in [0.4, 0.5) is 4.39 Å². The van der Waals surface area contributed by atoms with Crippen LogP contribution in [0, 0.1) is 24.1 Å². The van der Waals surface area contributed by atoms with Crippen LogP contribution in [0.2, 0.25) is 0 Å². The summed E-state index contributed by atoms with van der Waals surface area (Å²) in [5, 5.41) is 19.9. The van der Waals surface area contributed by atoms with Crippen molar-refractivity contribution in [3.05, 3.63) is 57.9 Å². The van der Waals surface area contributed by atoms with Crippen LogP contribution in [0.5, 0.6) is 11.5 Å². The first-order valence-corrected chi connectivity index (χ1v) is 11.7. The lowest BCUT2D eigenvalue weighted by molar-refractivity contribution is -0.0939. The van der Waals surface area contributed by atoms with Gasteiger partial charge < -0.3 is 19.3 Å². The Balaban J connectivity index is 1.23. The van der Waals surface area contributed by atoms with Gasteiger partial charge in [-0.1, -0.05) is 12.1 Å². The van der Waals surface area contributed by atoms with Gasteiger partial charge in [-0.15, -0.1) is 0 Å². The summed E-state index contributed by atoms with van der Waals surface area (Å²) in [6.45, 7) is 5.96. The summed E-state index contributed by atoms with van der Waals surface area (Å²) in [6, 6.07) is 8.70. The first-order valence-electron chi connectivity index (χ1n) is 11.7. The van der Waals surface area contributed by atoms with Crippen LogP contribution in [-0.4, -0.2) is 79.8 Å². The monoisotopic (exact) mass is 481 g/mol. The van der Waals surface area contributed by atoms with E-state index in [1.165, 1.54) is 13.2 Å². The first kappa shape index (κ1) is 23.7. The molecule has 2 saturated heterocycles. The maximum absolute atomic E-state index is 14.5. The molecule has 0 saturated carbocycles. The van der Waals surface area contributed by atoms with E-state index in [1.54, 1.807) is 12.1 Å². The van der Waals surface area contributed by atoms with Crippen molar-refractivity contribution in [1.82, 2.24) is 9.80 Å². The Bertz CT molecular complexity index is 1200. The molecule has 2 aromatic rings. The van der Waals surface area contributed by atoms with Gasteiger partial charge in [-0.05, 0) is 30.2 Å². The minimum absolute atomic E-state index is 0.0129. The summed E-state index contributed by atoms with van der Waals surface area (Å²) in [6.07, 6.45) is -1.05. The summed E-state index contributed by atoms with van der Waals surface area (Å²) < 4.78 is 31.5. The van der Waals surface area contributed by atoms with Crippen molar-refractivity contribution in [3.8, 4) is 17.6 Å². The summed E-state index contributed by atoms with van der Waals surface area (Å²) >= 11 is 0. The Morgan fingerprint density at radius 2 is 2.11 bits per heavy atom. The highest BCUT2D eigenvalue weighted by Gasteiger charge is 2.36. The third-order valence-electron chi connectivity index (χ3n) is 7.26. The molecule has 8 nitrogen and oxygen atoms in total. The number of hydrogen-bond donors (Lipinski definition) is 1. The lowest BCUT2D eigenvalue weighted by Gasteiger charge is -2.46. The third-order valence-corrected chi connectivity index (χ3v) is 7.26. The standard InChI is InChI=1S/C26H28FN3O5/c1-15-18(5-6-20-22(32)14-35-25(15)20)23-12-30-8-7-29(10-17(30)13-34-23)11-21(31)19-4-3-16(9-28)24(27)26(19)33-2/h3-6,17,21,23,31H,7-8,10-14H2,1-2H3/t17-,21?,23-/m0/s1. The molecule has 3 aliphatic heterocycles. The van der Waals surface area contributed by atoms with Crippen molar-refractivity contribution in [2.45, 2.75) is 25.2 Å². The number of aliphatic hydroxyl groups excluding tert-OH is 1. The van der Waals surface area contributed by atoms with Crippen LogP contribution < -0.4 is 9.47 Å². The zero-order valence-corrected chi connectivity index (χ0v) is 19.8. The molecule has 0 amide bonds. The number of nitrogens with zero attached hydrogens (tertiary/aromatic N) is 3. The number of aliphatic hydroxyl groups is 1. The second kappa shape index (κ2) is 9.55. The van der Waals surface area contributed by atoms with E-state index < -0.39 is 11.9 Å². The number of methoxy groups -OCH3 is 1. The molecule has 0 spiro atoms. The molecule has 2 fully saturated rings. The van der Waals surface area contributed by atoms with Crippen LogP contribution >= 0.6 is 0 Å². The Morgan fingerprint density at radius 3 is 2.89 bits per heavy atom. The Kier molecular flexibility index (Phi) is 6.47. The molecular formula is C26H28FN3O5. The van der Waals surface area contributed by atoms with Gasteiger partial charge in [0.05, 0.1) is 37.1 Å². The van der Waals surface area contributed by atoms with Gasteiger partial charge >= 0.3 is 0 Å². The molecule has 3 aliphatic rings. The number of halogens is 1. The lowest BCUT2D eigenvalue weighted by atomic mass is 9.96. The van der Waals surface area contributed by atoms with Crippen molar-refractivity contribution >= 4 is 5.78 Å². The smallest absolute Gasteiger partial charge is 0.203 e. The number of piperazine rings is 1. The largest absolute Gasteiger partial charge is 0.493 e. The van der Waals surface area contributed by atoms with Crippen LogP contribution in [0.15, 0.2) is 24.3 Å². The SMILES string of the molecule is COc1c(C(O)CN2CCN3C[C@@H](c4ccc5c(c4C)OCC5=O)OC[C@@H]3C2)ccc(C#N)c1F. The summed E-state index contributed by atoms with van der Waals surface area (Å²) in [5.41, 5.74) is 2.87. The van der Waals surface area contributed by atoms with Crippen LogP contribution in [-0.2, 0) is 4.74 Å². The summed E-state index contributed by atoms with van der Waals surface area (Å²) in [4.78, 5) is 16.5. The van der Waals surface area contributed by atoms with E-state index in [-0.39, 0.29) is 35.8 Å². The average molecular weight is 482 g/mol. The number of β-amino-alcohol motifs (C(OH)–C–C–N with tert-alkyl or cyclic N) is 1. The van der Waals surface area contributed by atoms with E-state index in [1.807, 2.05) is 19.1 Å². The van der Waals surface area contributed by atoms with Crippen LogP contribution in [0.25, 0.3) is 0 Å². The molecular weight excluding hydrogens is 453 g/mol. The number of fused-ring (bicyclic) bond motifs is 2. The zero-order valence-electron chi connectivity index (χ0n) is 19.8. The van der Waals surface area contributed by atoms with Crippen molar-refractivity contribution in [3.63, 3.8) is 0 Å². The number of benzene rings is 2. The zero-order chi connectivity index (χ0) is 24.7. The fourth-order valence-corrected chi connectivity index (χ4v) is 5.35. The predicted molar refractivity (Wildman–Crippen MR) is 124 cm³/mol. The Labute approximate surface area is 203 Å². The van der Waals surface area contributed by atoms with Gasteiger partial charge in [-0.3, -0.25) is 14.6 Å². The molecule has 3 heterocycles. The molecule has 0 radical (unpaired) electrons. The minimum Gasteiger partial charge on any atom is -0.493 e. The molecule has 1 unspecified atom stereocenters. The van der Waals surface area contributed by atoms with Crippen molar-refractivity contribution in [1.29, 1.82) is 5.26 Å². The third kappa shape index (κ3) is 4.28. The summed E-state index contributed by atoms with van der Waals surface area (Å²) in [5.74, 6) is -0.153. The molecule has 0 bridgehead atoms.